The Kier molecular flexibility index (Phi) is 5.24. The van der Waals surface area contributed by atoms with Crippen LogP contribution in [-0.2, 0) is 4.74 Å². The van der Waals surface area contributed by atoms with Crippen molar-refractivity contribution in [1.82, 2.24) is 4.90 Å². The number of rotatable bonds is 6. The normalized spacial score (nSPS) is 15.2. The van der Waals surface area contributed by atoms with Crippen molar-refractivity contribution in [3.05, 3.63) is 23.8 Å². The molecule has 0 aliphatic carbocycles. The zero-order valence-corrected chi connectivity index (χ0v) is 11.9. The molecule has 0 atom stereocenters. The number of benzene rings is 1. The summed E-state index contributed by atoms with van der Waals surface area (Å²) in [4.78, 5) is 14.4. The van der Waals surface area contributed by atoms with Crippen LogP contribution in [0, 0.1) is 0 Å². The van der Waals surface area contributed by atoms with E-state index in [1.165, 1.54) is 20.0 Å². The van der Waals surface area contributed by atoms with Crippen molar-refractivity contribution in [3.8, 4) is 5.75 Å². The first kappa shape index (κ1) is 14.7. The molecule has 0 unspecified atom stereocenters. The Bertz CT molecular complexity index is 456. The molecule has 0 amide bonds. The molecule has 5 nitrogen and oxygen atoms in total. The highest BCUT2D eigenvalue weighted by Gasteiger charge is 2.16. The van der Waals surface area contributed by atoms with Crippen LogP contribution in [0.5, 0.6) is 5.75 Å². The van der Waals surface area contributed by atoms with Gasteiger partial charge in [0.15, 0.2) is 5.75 Å². The standard InChI is InChI=1S/C15H22N2O3/c1-19-14-12(6-4-7-13(14)16)15(18)20-11-5-10-17-8-2-3-9-17/h4,6-7H,2-3,5,8-11,16H2,1H3. The molecule has 0 saturated carbocycles. The number of likely N-dealkylation sites (tertiary alicyclic amines) is 1. The van der Waals surface area contributed by atoms with Crippen LogP contribution in [0.2, 0.25) is 0 Å². The Balaban J connectivity index is 1.81. The van der Waals surface area contributed by atoms with Crippen LogP contribution in [0.4, 0.5) is 5.69 Å². The van der Waals surface area contributed by atoms with Gasteiger partial charge in [0.2, 0.25) is 0 Å². The third-order valence-electron chi connectivity index (χ3n) is 3.52. The van der Waals surface area contributed by atoms with Crippen LogP contribution in [0.1, 0.15) is 29.6 Å². The number of nitrogen functional groups attached to an aromatic ring is 1. The lowest BCUT2D eigenvalue weighted by Crippen LogP contribution is -2.22. The fourth-order valence-electron chi connectivity index (χ4n) is 2.48. The van der Waals surface area contributed by atoms with Gasteiger partial charge in [0.1, 0.15) is 5.56 Å². The fourth-order valence-corrected chi connectivity index (χ4v) is 2.48. The summed E-state index contributed by atoms with van der Waals surface area (Å²) in [5.41, 5.74) is 6.59. The largest absolute Gasteiger partial charge is 0.494 e. The highest BCUT2D eigenvalue weighted by molar-refractivity contribution is 5.94. The number of hydrogen-bond donors (Lipinski definition) is 1. The van der Waals surface area contributed by atoms with E-state index in [2.05, 4.69) is 4.90 Å². The van der Waals surface area contributed by atoms with E-state index in [9.17, 15) is 4.79 Å². The molecule has 1 aliphatic heterocycles. The second-order valence-electron chi connectivity index (χ2n) is 4.97. The summed E-state index contributed by atoms with van der Waals surface area (Å²) in [7, 11) is 1.50. The van der Waals surface area contributed by atoms with Gasteiger partial charge in [-0.25, -0.2) is 4.79 Å². The highest BCUT2D eigenvalue weighted by Crippen LogP contribution is 2.26. The molecule has 1 fully saturated rings. The van der Waals surface area contributed by atoms with E-state index >= 15 is 0 Å². The number of carbonyl (C=O) groups excluding carboxylic acids is 1. The number of carbonyl (C=O) groups is 1. The maximum absolute atomic E-state index is 12.0. The number of para-hydroxylation sites is 1. The van der Waals surface area contributed by atoms with Crippen molar-refractivity contribution in [2.75, 3.05) is 39.1 Å². The third kappa shape index (κ3) is 3.63. The van der Waals surface area contributed by atoms with E-state index in [0.717, 1.165) is 26.1 Å². The zero-order valence-electron chi connectivity index (χ0n) is 11.9. The van der Waals surface area contributed by atoms with Crippen LogP contribution in [0.3, 0.4) is 0 Å². The van der Waals surface area contributed by atoms with Gasteiger partial charge in [0.25, 0.3) is 0 Å². The number of hydrogen-bond acceptors (Lipinski definition) is 5. The van der Waals surface area contributed by atoms with E-state index in [4.69, 9.17) is 15.2 Å². The lowest BCUT2D eigenvalue weighted by Gasteiger charge is -2.14. The molecule has 1 aliphatic rings. The molecule has 110 valence electrons. The SMILES string of the molecule is COc1c(N)cccc1C(=O)OCCCN1CCCC1. The van der Waals surface area contributed by atoms with E-state index < -0.39 is 0 Å². The second-order valence-corrected chi connectivity index (χ2v) is 4.97. The van der Waals surface area contributed by atoms with E-state index in [1.54, 1.807) is 18.2 Å². The van der Waals surface area contributed by atoms with Crippen LogP contribution < -0.4 is 10.5 Å². The minimum absolute atomic E-state index is 0.379. The summed E-state index contributed by atoms with van der Waals surface area (Å²) in [6.07, 6.45) is 3.41. The summed E-state index contributed by atoms with van der Waals surface area (Å²) in [5.74, 6) is 0.00705. The quantitative estimate of drug-likeness (QED) is 0.489. The van der Waals surface area contributed by atoms with Gasteiger partial charge in [-0.2, -0.15) is 0 Å². The molecule has 0 radical (unpaired) electrons. The van der Waals surface area contributed by atoms with Crippen molar-refractivity contribution >= 4 is 11.7 Å². The molecule has 1 aromatic rings. The second kappa shape index (κ2) is 7.14. The van der Waals surface area contributed by atoms with Crippen molar-refractivity contribution in [2.24, 2.45) is 0 Å². The van der Waals surface area contributed by atoms with Gasteiger partial charge in [-0.15, -0.1) is 0 Å². The van der Waals surface area contributed by atoms with Crippen molar-refractivity contribution in [1.29, 1.82) is 0 Å². The smallest absolute Gasteiger partial charge is 0.342 e. The van der Waals surface area contributed by atoms with Gasteiger partial charge in [-0.05, 0) is 44.5 Å². The Morgan fingerprint density at radius 3 is 2.80 bits per heavy atom. The predicted molar refractivity (Wildman–Crippen MR) is 78.0 cm³/mol. The van der Waals surface area contributed by atoms with Crippen LogP contribution in [0.25, 0.3) is 0 Å². The molecule has 0 spiro atoms. The van der Waals surface area contributed by atoms with Gasteiger partial charge in [-0.3, -0.25) is 0 Å². The summed E-state index contributed by atoms with van der Waals surface area (Å²) in [5, 5.41) is 0. The molecular formula is C15H22N2O3. The van der Waals surface area contributed by atoms with E-state index in [-0.39, 0.29) is 5.97 Å². The van der Waals surface area contributed by atoms with Crippen molar-refractivity contribution < 1.29 is 14.3 Å². The fraction of sp³-hybridized carbons (Fsp3) is 0.533. The van der Waals surface area contributed by atoms with Crippen molar-refractivity contribution in [2.45, 2.75) is 19.3 Å². The molecule has 20 heavy (non-hydrogen) atoms. The van der Waals surface area contributed by atoms with Crippen LogP contribution in [-0.4, -0.2) is 44.2 Å². The predicted octanol–water partition coefficient (Wildman–Crippen LogP) is 1.92. The number of nitrogens with two attached hydrogens (primary N) is 1. The molecule has 0 bridgehead atoms. The monoisotopic (exact) mass is 278 g/mol. The minimum Gasteiger partial charge on any atom is -0.494 e. The number of anilines is 1. The average molecular weight is 278 g/mol. The van der Waals surface area contributed by atoms with Gasteiger partial charge in [-0.1, -0.05) is 6.07 Å². The molecule has 0 aromatic heterocycles. The Labute approximate surface area is 119 Å². The summed E-state index contributed by atoms with van der Waals surface area (Å²) >= 11 is 0. The molecular weight excluding hydrogens is 256 g/mol. The van der Waals surface area contributed by atoms with Gasteiger partial charge in [0.05, 0.1) is 19.4 Å². The maximum atomic E-state index is 12.0. The molecule has 1 aromatic carbocycles. The molecule has 1 heterocycles. The summed E-state index contributed by atoms with van der Waals surface area (Å²) in [6, 6.07) is 5.08. The third-order valence-corrected chi connectivity index (χ3v) is 3.52. The maximum Gasteiger partial charge on any atom is 0.342 e. The van der Waals surface area contributed by atoms with Gasteiger partial charge >= 0.3 is 5.97 Å². The van der Waals surface area contributed by atoms with Crippen LogP contribution >= 0.6 is 0 Å². The zero-order chi connectivity index (χ0) is 14.4. The van der Waals surface area contributed by atoms with Gasteiger partial charge in [0, 0.05) is 6.54 Å². The van der Waals surface area contributed by atoms with Crippen LogP contribution in [0.15, 0.2) is 18.2 Å². The lowest BCUT2D eigenvalue weighted by molar-refractivity contribution is 0.0487. The molecule has 5 heteroatoms. The first-order valence-corrected chi connectivity index (χ1v) is 7.04. The summed E-state index contributed by atoms with van der Waals surface area (Å²) < 4.78 is 10.4. The Morgan fingerprint density at radius 2 is 2.10 bits per heavy atom. The Morgan fingerprint density at radius 1 is 1.35 bits per heavy atom. The van der Waals surface area contributed by atoms with Gasteiger partial charge < -0.3 is 20.1 Å². The molecule has 1 saturated heterocycles. The van der Waals surface area contributed by atoms with E-state index in [1.807, 2.05) is 0 Å². The van der Waals surface area contributed by atoms with E-state index in [0.29, 0.717) is 23.6 Å². The number of nitrogens with zero attached hydrogens (tertiary/aromatic N) is 1. The number of ether oxygens (including phenoxy) is 2. The topological polar surface area (TPSA) is 64.8 Å². The molecule has 2 rings (SSSR count). The average Bonchev–Trinajstić information content (AvgIpc) is 2.96. The minimum atomic E-state index is -0.379. The Hall–Kier alpha value is -1.75. The number of methoxy groups -OCH3 is 1. The summed E-state index contributed by atoms with van der Waals surface area (Å²) in [6.45, 7) is 3.74. The molecule has 2 N–H and O–H groups in total. The first-order chi connectivity index (χ1) is 9.72. The first-order valence-electron chi connectivity index (χ1n) is 7.04. The number of esters is 1. The highest BCUT2D eigenvalue weighted by atomic mass is 16.5. The lowest BCUT2D eigenvalue weighted by atomic mass is 10.2. The van der Waals surface area contributed by atoms with Crippen molar-refractivity contribution in [3.63, 3.8) is 0 Å².